The fourth-order valence-electron chi connectivity index (χ4n) is 3.09. The van der Waals surface area contributed by atoms with Gasteiger partial charge in [-0.3, -0.25) is 4.79 Å². The predicted molar refractivity (Wildman–Crippen MR) is 124 cm³/mol. The lowest BCUT2D eigenvalue weighted by Crippen LogP contribution is -2.23. The van der Waals surface area contributed by atoms with Crippen LogP contribution in [0.5, 0.6) is 0 Å². The number of fused-ring (bicyclic) bond motifs is 1. The van der Waals surface area contributed by atoms with Gasteiger partial charge in [-0.15, -0.1) is 0 Å². The third-order valence-electron chi connectivity index (χ3n) is 4.54. The van der Waals surface area contributed by atoms with Crippen molar-refractivity contribution in [3.05, 3.63) is 58.9 Å². The minimum Gasteiger partial charge on any atom is -0.380 e. The Bertz CT molecular complexity index is 1390. The molecule has 0 saturated carbocycles. The number of amides is 1. The summed E-state index contributed by atoms with van der Waals surface area (Å²) < 4.78 is 56.5. The third kappa shape index (κ3) is 6.35. The fraction of sp³-hybridized carbons (Fsp3) is 0.333. The molecule has 0 aliphatic rings. The molecule has 3 aromatic rings. The average molecular weight is 497 g/mol. The van der Waals surface area contributed by atoms with Crippen LogP contribution in [0.4, 0.5) is 0 Å². The molecule has 8 nitrogen and oxygen atoms in total. The Morgan fingerprint density at radius 2 is 1.81 bits per heavy atom. The van der Waals surface area contributed by atoms with E-state index in [0.29, 0.717) is 40.3 Å². The van der Waals surface area contributed by atoms with Gasteiger partial charge in [0.05, 0.1) is 27.5 Å². The lowest BCUT2D eigenvalue weighted by Gasteiger charge is -2.06. The first kappa shape index (κ1) is 24.3. The van der Waals surface area contributed by atoms with E-state index in [1.54, 1.807) is 41.0 Å². The Hall–Kier alpha value is -2.34. The SMILES string of the molecule is CCOCCn1c(=NC(=O)CS(=O)(=O)Cc2ccccc2)sc2cc(S(C)(=O)=O)ccc21. The normalized spacial score (nSPS) is 13.0. The first-order valence-corrected chi connectivity index (χ1v) is 14.3. The van der Waals surface area contributed by atoms with Gasteiger partial charge < -0.3 is 9.30 Å². The number of rotatable bonds is 9. The highest BCUT2D eigenvalue weighted by atomic mass is 32.2. The molecular formula is C21H24N2O6S3. The summed E-state index contributed by atoms with van der Waals surface area (Å²) >= 11 is 1.13. The number of nitrogens with zero attached hydrogens (tertiary/aromatic N) is 2. The third-order valence-corrected chi connectivity index (χ3v) is 8.15. The van der Waals surface area contributed by atoms with E-state index in [2.05, 4.69) is 4.99 Å². The molecule has 32 heavy (non-hydrogen) atoms. The predicted octanol–water partition coefficient (Wildman–Crippen LogP) is 2.19. The summed E-state index contributed by atoms with van der Waals surface area (Å²) in [5, 5.41) is 0. The molecule has 172 valence electrons. The Morgan fingerprint density at radius 3 is 2.47 bits per heavy atom. The van der Waals surface area contributed by atoms with Gasteiger partial charge in [-0.25, -0.2) is 16.8 Å². The molecule has 0 fully saturated rings. The van der Waals surface area contributed by atoms with Gasteiger partial charge in [-0.2, -0.15) is 4.99 Å². The van der Waals surface area contributed by atoms with E-state index in [-0.39, 0.29) is 10.6 Å². The summed E-state index contributed by atoms with van der Waals surface area (Å²) in [6.45, 7) is 3.13. The van der Waals surface area contributed by atoms with Crippen LogP contribution in [0.3, 0.4) is 0 Å². The Labute approximate surface area is 191 Å². The molecule has 1 heterocycles. The van der Waals surface area contributed by atoms with Crippen molar-refractivity contribution < 1.29 is 26.4 Å². The minimum absolute atomic E-state index is 0.159. The van der Waals surface area contributed by atoms with Gasteiger partial charge in [0.25, 0.3) is 5.91 Å². The standard InChI is InChI=1S/C21H24N2O6S3/c1-3-29-12-11-23-18-10-9-17(31(2,25)26)13-19(18)30-21(23)22-20(24)15-32(27,28)14-16-7-5-4-6-8-16/h4-10,13H,3,11-12,14-15H2,1-2H3. The van der Waals surface area contributed by atoms with E-state index in [4.69, 9.17) is 4.74 Å². The number of ether oxygens (including phenoxy) is 1. The average Bonchev–Trinajstić information content (AvgIpc) is 3.03. The van der Waals surface area contributed by atoms with Crippen molar-refractivity contribution in [3.63, 3.8) is 0 Å². The first-order valence-electron chi connectivity index (χ1n) is 9.82. The number of thiazole rings is 1. The molecule has 0 saturated heterocycles. The number of carbonyl (C=O) groups excluding carboxylic acids is 1. The van der Waals surface area contributed by atoms with Gasteiger partial charge in [0.1, 0.15) is 5.75 Å². The molecule has 0 unspecified atom stereocenters. The van der Waals surface area contributed by atoms with Gasteiger partial charge >= 0.3 is 0 Å². The van der Waals surface area contributed by atoms with E-state index >= 15 is 0 Å². The van der Waals surface area contributed by atoms with Crippen molar-refractivity contribution in [2.75, 3.05) is 25.2 Å². The second kappa shape index (κ2) is 10.1. The van der Waals surface area contributed by atoms with Crippen LogP contribution in [0, 0.1) is 0 Å². The topological polar surface area (TPSA) is 112 Å². The maximum atomic E-state index is 12.5. The van der Waals surface area contributed by atoms with Gasteiger partial charge in [0.15, 0.2) is 24.5 Å². The number of aromatic nitrogens is 1. The Morgan fingerprint density at radius 1 is 1.09 bits per heavy atom. The van der Waals surface area contributed by atoms with Crippen molar-refractivity contribution in [2.24, 2.45) is 4.99 Å². The van der Waals surface area contributed by atoms with Crippen LogP contribution in [0.25, 0.3) is 10.2 Å². The smallest absolute Gasteiger partial charge is 0.263 e. The molecule has 11 heteroatoms. The molecule has 0 N–H and O–H groups in total. The molecule has 0 spiro atoms. The Kier molecular flexibility index (Phi) is 7.65. The monoisotopic (exact) mass is 496 g/mol. The number of carbonyl (C=O) groups is 1. The summed E-state index contributed by atoms with van der Waals surface area (Å²) in [5.41, 5.74) is 1.29. The molecule has 0 aliphatic heterocycles. The largest absolute Gasteiger partial charge is 0.380 e. The highest BCUT2D eigenvalue weighted by Crippen LogP contribution is 2.22. The second-order valence-electron chi connectivity index (χ2n) is 7.16. The highest BCUT2D eigenvalue weighted by Gasteiger charge is 2.18. The van der Waals surface area contributed by atoms with E-state index in [0.717, 1.165) is 17.6 Å². The quantitative estimate of drug-likeness (QED) is 0.420. The number of sulfone groups is 2. The van der Waals surface area contributed by atoms with E-state index in [1.165, 1.54) is 12.1 Å². The van der Waals surface area contributed by atoms with Crippen LogP contribution in [0.15, 0.2) is 58.4 Å². The zero-order chi connectivity index (χ0) is 23.4. The summed E-state index contributed by atoms with van der Waals surface area (Å²) in [6.07, 6.45) is 1.12. The fourth-order valence-corrected chi connectivity index (χ4v) is 6.17. The second-order valence-corrected chi connectivity index (χ2v) is 12.2. The maximum Gasteiger partial charge on any atom is 0.263 e. The molecule has 1 aromatic heterocycles. The molecule has 0 atom stereocenters. The molecule has 2 aromatic carbocycles. The summed E-state index contributed by atoms with van der Waals surface area (Å²) in [4.78, 5) is 17.0. The minimum atomic E-state index is -3.70. The van der Waals surface area contributed by atoms with Crippen LogP contribution in [-0.2, 0) is 41.5 Å². The lowest BCUT2D eigenvalue weighted by molar-refractivity contribution is -0.115. The number of hydrogen-bond acceptors (Lipinski definition) is 7. The van der Waals surface area contributed by atoms with Crippen molar-refractivity contribution >= 4 is 47.1 Å². The number of benzene rings is 2. The van der Waals surface area contributed by atoms with Crippen molar-refractivity contribution in [2.45, 2.75) is 24.1 Å². The van der Waals surface area contributed by atoms with Gasteiger partial charge in [0.2, 0.25) is 0 Å². The van der Waals surface area contributed by atoms with Crippen LogP contribution in [0.1, 0.15) is 12.5 Å². The maximum absolute atomic E-state index is 12.5. The van der Waals surface area contributed by atoms with Crippen molar-refractivity contribution in [3.8, 4) is 0 Å². The van der Waals surface area contributed by atoms with E-state index in [9.17, 15) is 21.6 Å². The summed E-state index contributed by atoms with van der Waals surface area (Å²) in [7, 11) is -7.10. The van der Waals surface area contributed by atoms with Gasteiger partial charge in [-0.1, -0.05) is 41.7 Å². The van der Waals surface area contributed by atoms with Crippen molar-refractivity contribution in [1.82, 2.24) is 4.57 Å². The summed E-state index contributed by atoms with van der Waals surface area (Å²) in [5.74, 6) is -1.74. The van der Waals surface area contributed by atoms with Crippen LogP contribution >= 0.6 is 11.3 Å². The van der Waals surface area contributed by atoms with Crippen LogP contribution < -0.4 is 4.80 Å². The van der Waals surface area contributed by atoms with E-state index < -0.39 is 31.3 Å². The van der Waals surface area contributed by atoms with E-state index in [1.807, 2.05) is 6.92 Å². The molecule has 0 aliphatic carbocycles. The number of hydrogen-bond donors (Lipinski definition) is 0. The Balaban J connectivity index is 1.95. The molecule has 0 bridgehead atoms. The van der Waals surface area contributed by atoms with Crippen molar-refractivity contribution in [1.29, 1.82) is 0 Å². The molecule has 3 rings (SSSR count). The highest BCUT2D eigenvalue weighted by molar-refractivity contribution is 7.91. The molecule has 1 amide bonds. The zero-order valence-electron chi connectivity index (χ0n) is 17.7. The van der Waals surface area contributed by atoms with Crippen LogP contribution in [0.2, 0.25) is 0 Å². The molecule has 0 radical (unpaired) electrons. The summed E-state index contributed by atoms with van der Waals surface area (Å²) in [6, 6.07) is 13.3. The molecular weight excluding hydrogens is 472 g/mol. The first-order chi connectivity index (χ1) is 15.1. The lowest BCUT2D eigenvalue weighted by atomic mass is 10.2. The van der Waals surface area contributed by atoms with Gasteiger partial charge in [-0.05, 0) is 30.7 Å². The zero-order valence-corrected chi connectivity index (χ0v) is 20.2. The van der Waals surface area contributed by atoms with Gasteiger partial charge in [0, 0.05) is 19.4 Å². The van der Waals surface area contributed by atoms with Crippen LogP contribution in [-0.4, -0.2) is 52.5 Å².